The monoisotopic (exact) mass is 212 g/mol. The quantitative estimate of drug-likeness (QED) is 0.479. The van der Waals surface area contributed by atoms with Crippen LogP contribution < -0.4 is 0 Å². The van der Waals surface area contributed by atoms with E-state index in [0.29, 0.717) is 0 Å². The van der Waals surface area contributed by atoms with Crippen molar-refractivity contribution in [3.63, 3.8) is 0 Å². The second kappa shape index (κ2) is 118. The molecule has 0 fully saturated rings. The summed E-state index contributed by atoms with van der Waals surface area (Å²) < 4.78 is 0. The van der Waals surface area contributed by atoms with Crippen molar-refractivity contribution in [3.05, 3.63) is 50.1 Å². The third kappa shape index (κ3) is 405. The molecule has 0 rings (SSSR count). The molecule has 0 heteroatoms. The summed E-state index contributed by atoms with van der Waals surface area (Å²) in [6, 6.07) is 0. The lowest BCUT2D eigenvalue weighted by Gasteiger charge is -1.56. The van der Waals surface area contributed by atoms with E-state index >= 15 is 0 Å². The maximum Gasteiger partial charge on any atom is -0.0467 e. The molecule has 15 heavy (non-hydrogen) atoms. The minimum Gasteiger partial charge on any atom is -0.0991 e. The SMILES string of the molecule is C=C/C=C\C.C=CC=C.CC.CC.CC. The fourth-order valence-electron chi connectivity index (χ4n) is 0.136. The molecule has 0 aromatic heterocycles. The predicted molar refractivity (Wildman–Crippen MR) is 79.4 cm³/mol. The van der Waals surface area contributed by atoms with Gasteiger partial charge in [-0.3, -0.25) is 0 Å². The molecule has 0 aliphatic heterocycles. The normalized spacial score (nSPS) is 5.53. The molecule has 0 aliphatic rings. The van der Waals surface area contributed by atoms with Crippen LogP contribution >= 0.6 is 0 Å². The van der Waals surface area contributed by atoms with Gasteiger partial charge < -0.3 is 0 Å². The van der Waals surface area contributed by atoms with E-state index in [4.69, 9.17) is 0 Å². The van der Waals surface area contributed by atoms with Crippen molar-refractivity contribution in [2.45, 2.75) is 48.5 Å². The summed E-state index contributed by atoms with van der Waals surface area (Å²) >= 11 is 0. The summed E-state index contributed by atoms with van der Waals surface area (Å²) in [5, 5.41) is 0. The second-order valence-corrected chi connectivity index (χ2v) is 1.23. The molecule has 0 bridgehead atoms. The van der Waals surface area contributed by atoms with Gasteiger partial charge in [0.1, 0.15) is 0 Å². The zero-order chi connectivity index (χ0) is 13.5. The average Bonchev–Trinajstić information content (AvgIpc) is 2.38. The second-order valence-electron chi connectivity index (χ2n) is 1.23. The minimum absolute atomic E-state index is 1.64. The number of allylic oxidation sites excluding steroid dienone is 5. The Hall–Kier alpha value is -1.04. The molecule has 0 unspecified atom stereocenters. The van der Waals surface area contributed by atoms with E-state index < -0.39 is 0 Å². The Morgan fingerprint density at radius 2 is 0.867 bits per heavy atom. The first-order chi connectivity index (χ1) is 7.33. The summed E-state index contributed by atoms with van der Waals surface area (Å²) in [5.41, 5.74) is 0. The van der Waals surface area contributed by atoms with Crippen LogP contribution in [0.15, 0.2) is 50.1 Å². The molecule has 0 spiro atoms. The highest BCUT2D eigenvalue weighted by Gasteiger charge is 1.42. The van der Waals surface area contributed by atoms with Gasteiger partial charge in [-0.05, 0) is 6.92 Å². The molecule has 0 radical (unpaired) electrons. The summed E-state index contributed by atoms with van der Waals surface area (Å²) in [5.74, 6) is 0. The van der Waals surface area contributed by atoms with E-state index in [0.717, 1.165) is 0 Å². The third-order valence-electron chi connectivity index (χ3n) is 0.495. The molecule has 0 aromatic carbocycles. The lowest BCUT2D eigenvalue weighted by molar-refractivity contribution is 1.50. The van der Waals surface area contributed by atoms with Crippen LogP contribution in [0.4, 0.5) is 0 Å². The van der Waals surface area contributed by atoms with Gasteiger partial charge in [-0.1, -0.05) is 91.7 Å². The number of rotatable bonds is 2. The van der Waals surface area contributed by atoms with Crippen molar-refractivity contribution < 1.29 is 0 Å². The van der Waals surface area contributed by atoms with Crippen molar-refractivity contribution in [2.75, 3.05) is 0 Å². The zero-order valence-corrected chi connectivity index (χ0v) is 12.0. The molecule has 0 aromatic rings. The van der Waals surface area contributed by atoms with Gasteiger partial charge in [0.05, 0.1) is 0 Å². The van der Waals surface area contributed by atoms with Crippen LogP contribution in [0.3, 0.4) is 0 Å². The standard InChI is InChI=1S/C5H8.C4H6.3C2H6/c1-3-5-4-2;1-3-4-2;3*1-2/h3-5H,1H2,2H3;3-4H,1-2H2;3*1-2H3/b5-4-;;;;. The topological polar surface area (TPSA) is 0 Å². The first kappa shape index (κ1) is 29.2. The molecule has 0 aliphatic carbocycles. The van der Waals surface area contributed by atoms with Crippen molar-refractivity contribution in [1.82, 2.24) is 0 Å². The smallest absolute Gasteiger partial charge is 0.0467 e. The summed E-state index contributed by atoms with van der Waals surface area (Å²) in [4.78, 5) is 0. The summed E-state index contributed by atoms with van der Waals surface area (Å²) in [6.07, 6.45) is 8.85. The Labute approximate surface area is 99.1 Å². The number of hydrogen-bond acceptors (Lipinski definition) is 0. The Balaban J connectivity index is -0.0000000301. The Morgan fingerprint density at radius 1 is 0.600 bits per heavy atom. The van der Waals surface area contributed by atoms with E-state index in [-0.39, 0.29) is 0 Å². The van der Waals surface area contributed by atoms with Crippen LogP contribution in [0, 0.1) is 0 Å². The molecule has 0 atom stereocenters. The van der Waals surface area contributed by atoms with E-state index in [1.807, 2.05) is 60.6 Å². The lowest BCUT2D eigenvalue weighted by Crippen LogP contribution is -1.33. The highest BCUT2D eigenvalue weighted by Crippen LogP contribution is 1.64. The minimum atomic E-state index is 1.64. The number of hydrogen-bond donors (Lipinski definition) is 0. The average molecular weight is 212 g/mol. The van der Waals surface area contributed by atoms with Gasteiger partial charge >= 0.3 is 0 Å². The van der Waals surface area contributed by atoms with E-state index in [9.17, 15) is 0 Å². The maximum absolute atomic E-state index is 3.46. The highest BCUT2D eigenvalue weighted by molar-refractivity contribution is 4.94. The van der Waals surface area contributed by atoms with Crippen molar-refractivity contribution >= 4 is 0 Å². The lowest BCUT2D eigenvalue weighted by atomic mass is 10.5. The largest absolute Gasteiger partial charge is 0.0991 e. The first-order valence-electron chi connectivity index (χ1n) is 5.80. The maximum atomic E-state index is 3.46. The van der Waals surface area contributed by atoms with Gasteiger partial charge in [0.25, 0.3) is 0 Å². The van der Waals surface area contributed by atoms with Gasteiger partial charge in [0.2, 0.25) is 0 Å². The van der Waals surface area contributed by atoms with Crippen LogP contribution in [-0.2, 0) is 0 Å². The molecule has 0 saturated heterocycles. The summed E-state index contributed by atoms with van der Waals surface area (Å²) in [7, 11) is 0. The highest BCUT2D eigenvalue weighted by atomic mass is 13.5. The molecular formula is C15H32. The molecule has 0 N–H and O–H groups in total. The molecule has 0 amide bonds. The van der Waals surface area contributed by atoms with Crippen LogP contribution in [-0.4, -0.2) is 0 Å². The van der Waals surface area contributed by atoms with Gasteiger partial charge in [0, 0.05) is 0 Å². The van der Waals surface area contributed by atoms with Crippen molar-refractivity contribution in [1.29, 1.82) is 0 Å². The Bertz CT molecular complexity index is 90.6. The molecule has 0 nitrogen and oxygen atoms in total. The van der Waals surface area contributed by atoms with Crippen molar-refractivity contribution in [3.8, 4) is 0 Å². The molecule has 0 heterocycles. The van der Waals surface area contributed by atoms with Gasteiger partial charge in [0.15, 0.2) is 0 Å². The van der Waals surface area contributed by atoms with Crippen molar-refractivity contribution in [2.24, 2.45) is 0 Å². The Morgan fingerprint density at radius 3 is 0.867 bits per heavy atom. The first-order valence-corrected chi connectivity index (χ1v) is 5.80. The van der Waals surface area contributed by atoms with Gasteiger partial charge in [-0.25, -0.2) is 0 Å². The van der Waals surface area contributed by atoms with E-state index in [1.165, 1.54) is 0 Å². The van der Waals surface area contributed by atoms with E-state index in [1.54, 1.807) is 18.2 Å². The molecular weight excluding hydrogens is 180 g/mol. The predicted octanol–water partition coefficient (Wildman–Crippen LogP) is 6.19. The molecule has 92 valence electrons. The van der Waals surface area contributed by atoms with E-state index in [2.05, 4.69) is 19.7 Å². The molecule has 0 saturated carbocycles. The van der Waals surface area contributed by atoms with Gasteiger partial charge in [-0.2, -0.15) is 0 Å². The van der Waals surface area contributed by atoms with Crippen LogP contribution in [0.1, 0.15) is 48.5 Å². The Kier molecular flexibility index (Phi) is 230. The van der Waals surface area contributed by atoms with Gasteiger partial charge in [-0.15, -0.1) is 0 Å². The third-order valence-corrected chi connectivity index (χ3v) is 0.495. The van der Waals surface area contributed by atoms with Crippen LogP contribution in [0.2, 0.25) is 0 Å². The summed E-state index contributed by atoms with van der Waals surface area (Å²) in [6.45, 7) is 24.1. The van der Waals surface area contributed by atoms with Crippen LogP contribution in [0.25, 0.3) is 0 Å². The fourth-order valence-corrected chi connectivity index (χ4v) is 0.136. The fraction of sp³-hybridized carbons (Fsp3) is 0.467. The van der Waals surface area contributed by atoms with Crippen LogP contribution in [0.5, 0.6) is 0 Å². The zero-order valence-electron chi connectivity index (χ0n) is 12.0.